The number of rotatable bonds is 2. The highest BCUT2D eigenvalue weighted by Crippen LogP contribution is 2.22. The third-order valence-corrected chi connectivity index (χ3v) is 2.48. The molecule has 0 aliphatic heterocycles. The van der Waals surface area contributed by atoms with Crippen molar-refractivity contribution in [2.24, 2.45) is 5.92 Å². The van der Waals surface area contributed by atoms with Crippen molar-refractivity contribution in [3.05, 3.63) is 0 Å². The number of hydrogen-bond donors (Lipinski definition) is 1. The fraction of sp³-hybridized carbons (Fsp3) is 0.778. The maximum Gasteiger partial charge on any atom is 0.407 e. The summed E-state index contributed by atoms with van der Waals surface area (Å²) in [5.41, 5.74) is 0. The van der Waals surface area contributed by atoms with Crippen molar-refractivity contribution < 1.29 is 14.3 Å². The van der Waals surface area contributed by atoms with Gasteiger partial charge in [0, 0.05) is 12.0 Å². The third-order valence-electron chi connectivity index (χ3n) is 2.48. The van der Waals surface area contributed by atoms with Gasteiger partial charge in [0.2, 0.25) is 0 Å². The molecular weight excluding hydrogens is 170 g/mol. The third kappa shape index (κ3) is 2.72. The number of aldehydes is 1. The van der Waals surface area contributed by atoms with E-state index >= 15 is 0 Å². The minimum absolute atomic E-state index is 0.0290. The Morgan fingerprint density at radius 2 is 2.15 bits per heavy atom. The number of alkyl carbamates (subject to hydrolysis) is 1. The van der Waals surface area contributed by atoms with E-state index in [1.165, 1.54) is 7.11 Å². The minimum Gasteiger partial charge on any atom is -0.453 e. The zero-order chi connectivity index (χ0) is 9.68. The molecule has 1 N–H and O–H groups in total. The van der Waals surface area contributed by atoms with Crippen LogP contribution in [-0.2, 0) is 9.53 Å². The number of carbonyl (C=O) groups excluding carboxylic acids is 2. The van der Waals surface area contributed by atoms with Crippen LogP contribution in [-0.4, -0.2) is 25.5 Å². The van der Waals surface area contributed by atoms with E-state index in [1.54, 1.807) is 0 Å². The van der Waals surface area contributed by atoms with Gasteiger partial charge >= 0.3 is 6.09 Å². The van der Waals surface area contributed by atoms with Gasteiger partial charge in [-0.3, -0.25) is 0 Å². The summed E-state index contributed by atoms with van der Waals surface area (Å²) < 4.78 is 4.48. The van der Waals surface area contributed by atoms with Gasteiger partial charge in [-0.2, -0.15) is 0 Å². The van der Waals surface area contributed by atoms with Crippen LogP contribution in [0.25, 0.3) is 0 Å². The van der Waals surface area contributed by atoms with Crippen molar-refractivity contribution in [3.8, 4) is 0 Å². The Morgan fingerprint density at radius 1 is 1.46 bits per heavy atom. The highest BCUT2D eigenvalue weighted by atomic mass is 16.5. The molecule has 1 aliphatic rings. The largest absolute Gasteiger partial charge is 0.453 e. The predicted molar refractivity (Wildman–Crippen MR) is 47.4 cm³/mol. The molecule has 2 atom stereocenters. The van der Waals surface area contributed by atoms with E-state index in [-0.39, 0.29) is 12.0 Å². The van der Waals surface area contributed by atoms with Crippen LogP contribution >= 0.6 is 0 Å². The van der Waals surface area contributed by atoms with Gasteiger partial charge in [0.25, 0.3) is 0 Å². The van der Waals surface area contributed by atoms with E-state index in [4.69, 9.17) is 0 Å². The predicted octanol–water partition coefficient (Wildman–Crippen LogP) is 1.10. The first-order valence-electron chi connectivity index (χ1n) is 4.57. The molecule has 1 rings (SSSR count). The second kappa shape index (κ2) is 4.84. The normalized spacial score (nSPS) is 27.8. The van der Waals surface area contributed by atoms with Crippen LogP contribution < -0.4 is 5.32 Å². The number of nitrogens with one attached hydrogen (secondary N) is 1. The van der Waals surface area contributed by atoms with E-state index in [1.807, 2.05) is 0 Å². The van der Waals surface area contributed by atoms with Crippen LogP contribution in [0.15, 0.2) is 0 Å². The first-order valence-corrected chi connectivity index (χ1v) is 4.57. The molecule has 0 aromatic heterocycles. The maximum absolute atomic E-state index is 10.9. The second-order valence-corrected chi connectivity index (χ2v) is 3.33. The zero-order valence-electron chi connectivity index (χ0n) is 7.79. The summed E-state index contributed by atoms with van der Waals surface area (Å²) in [6, 6.07) is -0.0290. The second-order valence-electron chi connectivity index (χ2n) is 3.33. The Morgan fingerprint density at radius 3 is 2.77 bits per heavy atom. The van der Waals surface area contributed by atoms with E-state index < -0.39 is 6.09 Å². The smallest absolute Gasteiger partial charge is 0.407 e. The van der Waals surface area contributed by atoms with Crippen LogP contribution in [0.1, 0.15) is 25.7 Å². The lowest BCUT2D eigenvalue weighted by atomic mass is 9.86. The van der Waals surface area contributed by atoms with Crippen LogP contribution in [0.2, 0.25) is 0 Å². The summed E-state index contributed by atoms with van der Waals surface area (Å²) in [5, 5.41) is 2.68. The molecule has 0 aromatic carbocycles. The summed E-state index contributed by atoms with van der Waals surface area (Å²) in [6.45, 7) is 0. The summed E-state index contributed by atoms with van der Waals surface area (Å²) >= 11 is 0. The molecule has 4 nitrogen and oxygen atoms in total. The zero-order valence-corrected chi connectivity index (χ0v) is 7.79. The molecule has 0 aromatic rings. The van der Waals surface area contributed by atoms with Gasteiger partial charge in [-0.25, -0.2) is 4.79 Å². The molecule has 0 radical (unpaired) electrons. The van der Waals surface area contributed by atoms with Gasteiger partial charge in [-0.1, -0.05) is 12.8 Å². The Kier molecular flexibility index (Phi) is 3.73. The van der Waals surface area contributed by atoms with Gasteiger partial charge in [0.15, 0.2) is 0 Å². The topological polar surface area (TPSA) is 55.4 Å². The molecular formula is C9H15NO3. The first kappa shape index (κ1) is 10.0. The van der Waals surface area contributed by atoms with Gasteiger partial charge in [0.05, 0.1) is 7.11 Å². The van der Waals surface area contributed by atoms with E-state index in [2.05, 4.69) is 10.1 Å². The fourth-order valence-corrected chi connectivity index (χ4v) is 1.71. The summed E-state index contributed by atoms with van der Waals surface area (Å²) in [4.78, 5) is 21.5. The lowest BCUT2D eigenvalue weighted by molar-refractivity contribution is -0.112. The molecule has 0 unspecified atom stereocenters. The molecule has 1 saturated carbocycles. The average molecular weight is 185 g/mol. The van der Waals surface area contributed by atoms with Gasteiger partial charge in [-0.05, 0) is 12.8 Å². The van der Waals surface area contributed by atoms with Crippen molar-refractivity contribution in [2.45, 2.75) is 31.7 Å². The van der Waals surface area contributed by atoms with E-state index in [0.29, 0.717) is 0 Å². The van der Waals surface area contributed by atoms with E-state index in [0.717, 1.165) is 32.0 Å². The number of hydrogen-bond acceptors (Lipinski definition) is 3. The Hall–Kier alpha value is -1.06. The van der Waals surface area contributed by atoms with Gasteiger partial charge in [-0.15, -0.1) is 0 Å². The number of carbonyl (C=O) groups is 2. The van der Waals surface area contributed by atoms with E-state index in [9.17, 15) is 9.59 Å². The maximum atomic E-state index is 10.9. The van der Waals surface area contributed by atoms with Crippen LogP contribution in [0.5, 0.6) is 0 Å². The molecule has 1 fully saturated rings. The molecule has 1 aliphatic carbocycles. The Balaban J connectivity index is 2.44. The van der Waals surface area contributed by atoms with Gasteiger partial charge < -0.3 is 14.8 Å². The van der Waals surface area contributed by atoms with Crippen LogP contribution in [0.3, 0.4) is 0 Å². The van der Waals surface area contributed by atoms with Gasteiger partial charge in [0.1, 0.15) is 6.29 Å². The van der Waals surface area contributed by atoms with Crippen molar-refractivity contribution in [1.29, 1.82) is 0 Å². The quantitative estimate of drug-likeness (QED) is 0.655. The standard InChI is InChI=1S/C9H15NO3/c1-13-9(12)10-8-5-3-2-4-7(8)6-11/h6-8H,2-5H2,1H3,(H,10,12)/t7-,8+/m0/s1. The Bertz CT molecular complexity index is 193. The number of amides is 1. The molecule has 13 heavy (non-hydrogen) atoms. The van der Waals surface area contributed by atoms with Crippen LogP contribution in [0.4, 0.5) is 4.79 Å². The average Bonchev–Trinajstić information content (AvgIpc) is 2.18. The Labute approximate surface area is 77.6 Å². The van der Waals surface area contributed by atoms with Crippen molar-refractivity contribution >= 4 is 12.4 Å². The lowest BCUT2D eigenvalue weighted by Crippen LogP contribution is -2.42. The van der Waals surface area contributed by atoms with Crippen molar-refractivity contribution in [3.63, 3.8) is 0 Å². The molecule has 1 amide bonds. The minimum atomic E-state index is -0.446. The number of ether oxygens (including phenoxy) is 1. The molecule has 0 heterocycles. The molecule has 0 bridgehead atoms. The highest BCUT2D eigenvalue weighted by molar-refractivity contribution is 5.68. The monoisotopic (exact) mass is 185 g/mol. The molecule has 0 spiro atoms. The van der Waals surface area contributed by atoms with Crippen molar-refractivity contribution in [1.82, 2.24) is 5.32 Å². The SMILES string of the molecule is COC(=O)N[C@@H]1CCCC[C@H]1C=O. The lowest BCUT2D eigenvalue weighted by Gasteiger charge is -2.27. The molecule has 0 saturated heterocycles. The molecule has 74 valence electrons. The van der Waals surface area contributed by atoms with Crippen molar-refractivity contribution in [2.75, 3.05) is 7.11 Å². The van der Waals surface area contributed by atoms with Crippen LogP contribution in [0, 0.1) is 5.92 Å². The molecule has 4 heteroatoms. The summed E-state index contributed by atoms with van der Waals surface area (Å²) in [7, 11) is 1.33. The fourth-order valence-electron chi connectivity index (χ4n) is 1.71. The summed E-state index contributed by atoms with van der Waals surface area (Å²) in [5.74, 6) is -0.0344. The highest BCUT2D eigenvalue weighted by Gasteiger charge is 2.25. The summed E-state index contributed by atoms with van der Waals surface area (Å²) in [6.07, 6.45) is 4.37. The first-order chi connectivity index (χ1) is 6.27. The number of methoxy groups -OCH3 is 1.